The summed E-state index contributed by atoms with van der Waals surface area (Å²) in [5.41, 5.74) is 0.785. The average molecular weight is 258 g/mol. The van der Waals surface area contributed by atoms with Crippen LogP contribution in [0.4, 0.5) is 0 Å². The zero-order chi connectivity index (χ0) is 13.3. The second-order valence-electron chi connectivity index (χ2n) is 4.74. The molecule has 0 aliphatic heterocycles. The second kappa shape index (κ2) is 4.52. The van der Waals surface area contributed by atoms with Crippen molar-refractivity contribution in [3.05, 3.63) is 23.8 Å². The maximum absolute atomic E-state index is 8.79. The van der Waals surface area contributed by atoms with E-state index in [1.807, 2.05) is 6.07 Å². The summed E-state index contributed by atoms with van der Waals surface area (Å²) in [6.45, 7) is 0. The standard InChI is InChI=1S/C13H14N4O2/c1-18-13(4-2-3-5-13)12-16-11(19-17-12)9-6-10(7-14)15-8-9/h6,8,15H,2-5H2,1H3. The van der Waals surface area contributed by atoms with Crippen molar-refractivity contribution in [1.29, 1.82) is 5.26 Å². The molecule has 1 aliphatic rings. The molecular formula is C13H14N4O2. The number of ether oxygens (including phenoxy) is 1. The van der Waals surface area contributed by atoms with E-state index in [4.69, 9.17) is 14.5 Å². The van der Waals surface area contributed by atoms with Crippen molar-refractivity contribution in [2.24, 2.45) is 0 Å². The fourth-order valence-electron chi connectivity index (χ4n) is 2.57. The minimum Gasteiger partial charge on any atom is -0.370 e. The molecule has 0 atom stereocenters. The molecule has 6 heteroatoms. The number of rotatable bonds is 3. The van der Waals surface area contributed by atoms with Crippen LogP contribution in [-0.2, 0) is 10.3 Å². The first-order valence-corrected chi connectivity index (χ1v) is 6.26. The number of nitrogens with one attached hydrogen (secondary N) is 1. The first-order valence-electron chi connectivity index (χ1n) is 6.26. The summed E-state index contributed by atoms with van der Waals surface area (Å²) in [6, 6.07) is 3.71. The first-order chi connectivity index (χ1) is 9.27. The summed E-state index contributed by atoms with van der Waals surface area (Å²) in [5.74, 6) is 1.01. The van der Waals surface area contributed by atoms with Gasteiger partial charge in [-0.3, -0.25) is 0 Å². The highest BCUT2D eigenvalue weighted by Gasteiger charge is 2.40. The van der Waals surface area contributed by atoms with Gasteiger partial charge in [0.05, 0.1) is 5.56 Å². The highest BCUT2D eigenvalue weighted by atomic mass is 16.5. The maximum Gasteiger partial charge on any atom is 0.259 e. The zero-order valence-electron chi connectivity index (χ0n) is 10.6. The van der Waals surface area contributed by atoms with Gasteiger partial charge in [-0.15, -0.1) is 0 Å². The van der Waals surface area contributed by atoms with Crippen molar-refractivity contribution in [3.8, 4) is 17.5 Å². The summed E-state index contributed by atoms with van der Waals surface area (Å²) in [6.07, 6.45) is 5.74. The molecule has 0 spiro atoms. The van der Waals surface area contributed by atoms with E-state index in [1.54, 1.807) is 19.4 Å². The van der Waals surface area contributed by atoms with Crippen LogP contribution < -0.4 is 0 Å². The van der Waals surface area contributed by atoms with Crippen molar-refractivity contribution >= 4 is 0 Å². The Hall–Kier alpha value is -2.13. The van der Waals surface area contributed by atoms with Gasteiger partial charge in [0.1, 0.15) is 17.4 Å². The van der Waals surface area contributed by atoms with Gasteiger partial charge >= 0.3 is 0 Å². The van der Waals surface area contributed by atoms with Crippen molar-refractivity contribution < 1.29 is 9.26 Å². The van der Waals surface area contributed by atoms with Gasteiger partial charge in [0, 0.05) is 13.3 Å². The van der Waals surface area contributed by atoms with E-state index in [-0.39, 0.29) is 0 Å². The SMILES string of the molecule is COC1(c2noc(-c3c[nH]c(C#N)c3)n2)CCCC1. The van der Waals surface area contributed by atoms with Crippen LogP contribution in [0.3, 0.4) is 0 Å². The fraction of sp³-hybridized carbons (Fsp3) is 0.462. The molecule has 0 saturated heterocycles. The topological polar surface area (TPSA) is 87.7 Å². The lowest BCUT2D eigenvalue weighted by Gasteiger charge is -2.22. The predicted molar refractivity (Wildman–Crippen MR) is 66.0 cm³/mol. The van der Waals surface area contributed by atoms with Crippen molar-refractivity contribution in [1.82, 2.24) is 15.1 Å². The molecule has 0 unspecified atom stereocenters. The minimum atomic E-state index is -0.407. The number of nitriles is 1. The third-order valence-corrected chi connectivity index (χ3v) is 3.69. The summed E-state index contributed by atoms with van der Waals surface area (Å²) < 4.78 is 10.9. The van der Waals surface area contributed by atoms with Crippen LogP contribution in [0.2, 0.25) is 0 Å². The summed E-state index contributed by atoms with van der Waals surface area (Å²) in [5, 5.41) is 12.8. The molecule has 0 bridgehead atoms. The fourth-order valence-corrected chi connectivity index (χ4v) is 2.57. The molecule has 1 N–H and O–H groups in total. The molecule has 6 nitrogen and oxygen atoms in total. The lowest BCUT2D eigenvalue weighted by Crippen LogP contribution is -2.25. The number of H-pyrrole nitrogens is 1. The second-order valence-corrected chi connectivity index (χ2v) is 4.74. The number of methoxy groups -OCH3 is 1. The lowest BCUT2D eigenvalue weighted by atomic mass is 10.0. The maximum atomic E-state index is 8.79. The van der Waals surface area contributed by atoms with Gasteiger partial charge in [-0.2, -0.15) is 10.2 Å². The van der Waals surface area contributed by atoms with E-state index in [9.17, 15) is 0 Å². The van der Waals surface area contributed by atoms with E-state index in [1.165, 1.54) is 0 Å². The van der Waals surface area contributed by atoms with Crippen LogP contribution in [0, 0.1) is 11.3 Å². The van der Waals surface area contributed by atoms with Gasteiger partial charge in [-0.25, -0.2) is 0 Å². The molecule has 0 radical (unpaired) electrons. The molecule has 98 valence electrons. The highest BCUT2D eigenvalue weighted by molar-refractivity contribution is 5.54. The van der Waals surface area contributed by atoms with Crippen molar-refractivity contribution in [2.45, 2.75) is 31.3 Å². The van der Waals surface area contributed by atoms with Crippen LogP contribution in [0.25, 0.3) is 11.5 Å². The molecule has 1 fully saturated rings. The van der Waals surface area contributed by atoms with Gasteiger partial charge in [0.25, 0.3) is 5.89 Å². The predicted octanol–water partition coefficient (Wildman–Crippen LogP) is 2.35. The van der Waals surface area contributed by atoms with Crippen LogP contribution in [-0.4, -0.2) is 22.2 Å². The summed E-state index contributed by atoms with van der Waals surface area (Å²) >= 11 is 0. The van der Waals surface area contributed by atoms with Gasteiger partial charge in [-0.05, 0) is 31.7 Å². The first kappa shape index (κ1) is 11.9. The van der Waals surface area contributed by atoms with E-state index in [0.29, 0.717) is 17.4 Å². The van der Waals surface area contributed by atoms with Crippen LogP contribution in [0.1, 0.15) is 37.2 Å². The number of aromatic nitrogens is 3. The largest absolute Gasteiger partial charge is 0.370 e. The van der Waals surface area contributed by atoms with Gasteiger partial charge in [0.15, 0.2) is 0 Å². The molecule has 2 heterocycles. The third-order valence-electron chi connectivity index (χ3n) is 3.69. The van der Waals surface area contributed by atoms with Gasteiger partial charge < -0.3 is 14.2 Å². The van der Waals surface area contributed by atoms with Crippen LogP contribution in [0.15, 0.2) is 16.8 Å². The molecule has 1 saturated carbocycles. The normalized spacial score (nSPS) is 17.5. The van der Waals surface area contributed by atoms with E-state index in [0.717, 1.165) is 31.2 Å². The Morgan fingerprint density at radius 2 is 2.26 bits per heavy atom. The van der Waals surface area contributed by atoms with Gasteiger partial charge in [-0.1, -0.05) is 5.16 Å². The zero-order valence-corrected chi connectivity index (χ0v) is 10.6. The van der Waals surface area contributed by atoms with E-state index in [2.05, 4.69) is 15.1 Å². The van der Waals surface area contributed by atoms with Crippen LogP contribution in [0.5, 0.6) is 0 Å². The van der Waals surface area contributed by atoms with E-state index < -0.39 is 5.60 Å². The Kier molecular flexibility index (Phi) is 2.84. The molecule has 3 rings (SSSR count). The Morgan fingerprint density at radius 3 is 2.89 bits per heavy atom. The number of hydrogen-bond acceptors (Lipinski definition) is 5. The quantitative estimate of drug-likeness (QED) is 0.912. The Balaban J connectivity index is 1.93. The number of hydrogen-bond donors (Lipinski definition) is 1. The van der Waals surface area contributed by atoms with E-state index >= 15 is 0 Å². The Bertz CT molecular complexity index is 617. The summed E-state index contributed by atoms with van der Waals surface area (Å²) in [4.78, 5) is 7.26. The monoisotopic (exact) mass is 258 g/mol. The highest BCUT2D eigenvalue weighted by Crippen LogP contribution is 2.40. The van der Waals surface area contributed by atoms with Crippen LogP contribution >= 0.6 is 0 Å². The minimum absolute atomic E-state index is 0.407. The Labute approximate surface area is 110 Å². The Morgan fingerprint density at radius 1 is 1.47 bits per heavy atom. The number of aromatic amines is 1. The van der Waals surface area contributed by atoms with Crippen molar-refractivity contribution in [3.63, 3.8) is 0 Å². The molecule has 0 amide bonds. The molecule has 2 aromatic rings. The smallest absolute Gasteiger partial charge is 0.259 e. The summed E-state index contributed by atoms with van der Waals surface area (Å²) in [7, 11) is 1.69. The third kappa shape index (κ3) is 1.92. The molecule has 2 aromatic heterocycles. The lowest BCUT2D eigenvalue weighted by molar-refractivity contribution is -0.0178. The number of nitrogens with zero attached hydrogens (tertiary/aromatic N) is 3. The van der Waals surface area contributed by atoms with Crippen molar-refractivity contribution in [2.75, 3.05) is 7.11 Å². The molecule has 19 heavy (non-hydrogen) atoms. The molecule has 1 aliphatic carbocycles. The molecular weight excluding hydrogens is 244 g/mol. The molecule has 0 aromatic carbocycles. The van der Waals surface area contributed by atoms with Gasteiger partial charge in [0.2, 0.25) is 5.82 Å². The average Bonchev–Trinajstić information content (AvgIpc) is 3.17.